The Morgan fingerprint density at radius 2 is 2.06 bits per heavy atom. The van der Waals surface area contributed by atoms with Crippen molar-refractivity contribution in [1.29, 1.82) is 0 Å². The number of aromatic amines is 1. The number of anilines is 1. The van der Waals surface area contributed by atoms with Gasteiger partial charge >= 0.3 is 6.61 Å². The highest BCUT2D eigenvalue weighted by Crippen LogP contribution is 2.32. The molecule has 31 heavy (non-hydrogen) atoms. The molecule has 0 aliphatic rings. The Balaban J connectivity index is 1.66. The fraction of sp³-hybridized carbons (Fsp3) is 0.350. The maximum absolute atomic E-state index is 12.6. The van der Waals surface area contributed by atoms with Gasteiger partial charge in [0.2, 0.25) is 5.91 Å². The van der Waals surface area contributed by atoms with Gasteiger partial charge in [-0.3, -0.25) is 9.59 Å². The van der Waals surface area contributed by atoms with Crippen LogP contribution in [0.25, 0.3) is 10.2 Å². The molecule has 11 heteroatoms. The van der Waals surface area contributed by atoms with Crippen LogP contribution in [0.15, 0.2) is 23.0 Å². The SMILES string of the molecule is COc1ccc(NC(=O)C(C)SCc2nc3sc(C)c(C)c3c(=O)[nH]2)cc1OC(F)F. The van der Waals surface area contributed by atoms with Gasteiger partial charge in [0.05, 0.1) is 23.5 Å². The number of benzene rings is 1. The third-order valence-electron chi connectivity index (χ3n) is 4.57. The number of hydrogen-bond acceptors (Lipinski definition) is 7. The molecule has 0 bridgehead atoms. The van der Waals surface area contributed by atoms with E-state index in [1.165, 1.54) is 48.4 Å². The number of thiophene rings is 1. The van der Waals surface area contributed by atoms with Crippen LogP contribution in [0.1, 0.15) is 23.2 Å². The number of nitrogens with one attached hydrogen (secondary N) is 2. The highest BCUT2D eigenvalue weighted by Gasteiger charge is 2.18. The fourth-order valence-corrected chi connectivity index (χ4v) is 4.64. The Labute approximate surface area is 185 Å². The third-order valence-corrected chi connectivity index (χ3v) is 6.83. The number of amides is 1. The molecule has 0 saturated heterocycles. The molecule has 2 heterocycles. The first-order valence-corrected chi connectivity index (χ1v) is 11.1. The Bertz CT molecular complexity index is 1160. The molecule has 166 valence electrons. The van der Waals surface area contributed by atoms with Crippen molar-refractivity contribution in [2.45, 2.75) is 38.4 Å². The number of H-pyrrole nitrogens is 1. The number of carbonyl (C=O) groups is 1. The normalized spacial score (nSPS) is 12.2. The number of aryl methyl sites for hydroxylation is 2. The lowest BCUT2D eigenvalue weighted by atomic mass is 10.2. The molecule has 1 amide bonds. The van der Waals surface area contributed by atoms with Crippen molar-refractivity contribution in [3.63, 3.8) is 0 Å². The topological polar surface area (TPSA) is 93.3 Å². The Morgan fingerprint density at radius 1 is 1.32 bits per heavy atom. The molecule has 3 aromatic rings. The summed E-state index contributed by atoms with van der Waals surface area (Å²) < 4.78 is 34.5. The average Bonchev–Trinajstić information content (AvgIpc) is 2.99. The van der Waals surface area contributed by atoms with Gasteiger partial charge in [-0.25, -0.2) is 4.98 Å². The minimum Gasteiger partial charge on any atom is -0.493 e. The minimum atomic E-state index is -3.02. The van der Waals surface area contributed by atoms with E-state index in [0.717, 1.165) is 10.4 Å². The maximum atomic E-state index is 12.6. The van der Waals surface area contributed by atoms with Gasteiger partial charge < -0.3 is 19.8 Å². The highest BCUT2D eigenvalue weighted by atomic mass is 32.2. The predicted octanol–water partition coefficient (Wildman–Crippen LogP) is 4.47. The number of thioether (sulfide) groups is 1. The monoisotopic (exact) mass is 469 g/mol. The van der Waals surface area contributed by atoms with Crippen molar-refractivity contribution in [1.82, 2.24) is 9.97 Å². The van der Waals surface area contributed by atoms with E-state index in [4.69, 9.17) is 4.74 Å². The van der Waals surface area contributed by atoms with Crippen molar-refractivity contribution >= 4 is 44.9 Å². The number of alkyl halides is 2. The summed E-state index contributed by atoms with van der Waals surface area (Å²) in [5.74, 6) is 0.445. The molecule has 0 saturated carbocycles. The number of rotatable bonds is 8. The van der Waals surface area contributed by atoms with E-state index in [-0.39, 0.29) is 23.0 Å². The number of hydrogen-bond donors (Lipinski definition) is 2. The number of methoxy groups -OCH3 is 1. The summed E-state index contributed by atoms with van der Waals surface area (Å²) in [6, 6.07) is 4.23. The Hall–Kier alpha value is -2.66. The van der Waals surface area contributed by atoms with Crippen LogP contribution in [0.3, 0.4) is 0 Å². The molecule has 3 rings (SSSR count). The molecular weight excluding hydrogens is 448 g/mol. The summed E-state index contributed by atoms with van der Waals surface area (Å²) in [7, 11) is 1.33. The van der Waals surface area contributed by atoms with Gasteiger partial charge in [-0.15, -0.1) is 23.1 Å². The molecule has 1 atom stereocenters. The first-order valence-electron chi connectivity index (χ1n) is 9.23. The van der Waals surface area contributed by atoms with Gasteiger partial charge in [0, 0.05) is 16.6 Å². The standard InChI is InChI=1S/C20H21F2N3O4S2/c1-9-10(2)31-19-16(9)18(27)24-15(25-19)8-30-11(3)17(26)23-12-5-6-13(28-4)14(7-12)29-20(21)22/h5-7,11,20H,8H2,1-4H3,(H,23,26)(H,24,25,27). The van der Waals surface area contributed by atoms with Gasteiger partial charge in [0.25, 0.3) is 5.56 Å². The van der Waals surface area contributed by atoms with Crippen LogP contribution in [-0.2, 0) is 10.5 Å². The van der Waals surface area contributed by atoms with E-state index in [0.29, 0.717) is 27.5 Å². The summed E-state index contributed by atoms with van der Waals surface area (Å²) in [5, 5.41) is 2.77. The molecule has 1 unspecified atom stereocenters. The zero-order chi connectivity index (χ0) is 22.7. The Kier molecular flexibility index (Phi) is 7.16. The summed E-state index contributed by atoms with van der Waals surface area (Å²) in [6.45, 7) is 2.52. The smallest absolute Gasteiger partial charge is 0.387 e. The Morgan fingerprint density at radius 3 is 2.74 bits per heavy atom. The van der Waals surface area contributed by atoms with Gasteiger partial charge in [-0.1, -0.05) is 0 Å². The highest BCUT2D eigenvalue weighted by molar-refractivity contribution is 7.99. The molecule has 0 fully saturated rings. The number of aromatic nitrogens is 2. The lowest BCUT2D eigenvalue weighted by Crippen LogP contribution is -2.23. The lowest BCUT2D eigenvalue weighted by Gasteiger charge is -2.14. The van der Waals surface area contributed by atoms with Gasteiger partial charge in [0.15, 0.2) is 11.5 Å². The van der Waals surface area contributed by atoms with Crippen LogP contribution in [-0.4, -0.2) is 34.8 Å². The van der Waals surface area contributed by atoms with Crippen molar-refractivity contribution in [2.24, 2.45) is 0 Å². The van der Waals surface area contributed by atoms with E-state index in [9.17, 15) is 18.4 Å². The van der Waals surface area contributed by atoms with Crippen molar-refractivity contribution in [3.8, 4) is 11.5 Å². The zero-order valence-corrected chi connectivity index (χ0v) is 18.9. The quantitative estimate of drug-likeness (QED) is 0.506. The molecule has 2 N–H and O–H groups in total. The van der Waals surface area contributed by atoms with Crippen molar-refractivity contribution in [3.05, 3.63) is 44.8 Å². The minimum absolute atomic E-state index is 0.130. The first-order chi connectivity index (χ1) is 14.7. The van der Waals surface area contributed by atoms with Crippen LogP contribution >= 0.6 is 23.1 Å². The maximum Gasteiger partial charge on any atom is 0.387 e. The molecule has 2 aromatic heterocycles. The largest absolute Gasteiger partial charge is 0.493 e. The van der Waals surface area contributed by atoms with E-state index in [2.05, 4.69) is 20.0 Å². The van der Waals surface area contributed by atoms with Crippen LogP contribution in [0, 0.1) is 13.8 Å². The summed E-state index contributed by atoms with van der Waals surface area (Å²) in [4.78, 5) is 33.9. The van der Waals surface area contributed by atoms with Gasteiger partial charge in [-0.2, -0.15) is 8.78 Å². The number of nitrogens with zero attached hydrogens (tertiary/aromatic N) is 1. The molecule has 7 nitrogen and oxygen atoms in total. The van der Waals surface area contributed by atoms with E-state index < -0.39 is 11.9 Å². The summed E-state index contributed by atoms with van der Waals surface area (Å²) >= 11 is 2.75. The first kappa shape index (κ1) is 23.0. The summed E-state index contributed by atoms with van der Waals surface area (Å²) in [5.41, 5.74) is 1.03. The van der Waals surface area contributed by atoms with Crippen LogP contribution in [0.4, 0.5) is 14.5 Å². The van der Waals surface area contributed by atoms with Gasteiger partial charge in [-0.05, 0) is 38.5 Å². The fourth-order valence-electron chi connectivity index (χ4n) is 2.83. The second kappa shape index (κ2) is 9.65. The van der Waals surface area contributed by atoms with Crippen molar-refractivity contribution < 1.29 is 23.0 Å². The number of halogens is 2. The number of ether oxygens (including phenoxy) is 2. The molecule has 0 aliphatic carbocycles. The van der Waals surface area contributed by atoms with E-state index >= 15 is 0 Å². The molecule has 0 radical (unpaired) electrons. The van der Waals surface area contributed by atoms with Crippen LogP contribution in [0.2, 0.25) is 0 Å². The predicted molar refractivity (Wildman–Crippen MR) is 119 cm³/mol. The zero-order valence-electron chi connectivity index (χ0n) is 17.2. The molecular formula is C20H21F2N3O4S2. The lowest BCUT2D eigenvalue weighted by molar-refractivity contribution is -0.115. The van der Waals surface area contributed by atoms with E-state index in [1.54, 1.807) is 6.92 Å². The number of fused-ring (bicyclic) bond motifs is 1. The average molecular weight is 470 g/mol. The molecule has 0 spiro atoms. The van der Waals surface area contributed by atoms with Crippen LogP contribution < -0.4 is 20.3 Å². The second-order valence-corrected chi connectivity index (χ2v) is 9.19. The van der Waals surface area contributed by atoms with Crippen molar-refractivity contribution in [2.75, 3.05) is 12.4 Å². The molecule has 0 aliphatic heterocycles. The molecule has 1 aromatic carbocycles. The second-order valence-electron chi connectivity index (χ2n) is 6.66. The third kappa shape index (κ3) is 5.34. The van der Waals surface area contributed by atoms with E-state index in [1.807, 2.05) is 13.8 Å². The van der Waals surface area contributed by atoms with Gasteiger partial charge in [0.1, 0.15) is 10.7 Å². The summed E-state index contributed by atoms with van der Waals surface area (Å²) in [6.07, 6.45) is 0. The van der Waals surface area contributed by atoms with Crippen LogP contribution in [0.5, 0.6) is 11.5 Å². The number of carbonyl (C=O) groups excluding carboxylic acids is 1.